The maximum absolute atomic E-state index is 12.8. The molecule has 0 rings (SSSR count). The Morgan fingerprint density at radius 1 is 1.35 bits per heavy atom. The number of hydrogen-bond donors (Lipinski definition) is 2. The number of alkyl carbamates (subject to hydrolysis) is 1. The monoisotopic (exact) mass is 251 g/mol. The molecular weight excluding hydrogens is 236 g/mol. The molecule has 0 aromatic carbocycles. The molecule has 0 atom stereocenters. The van der Waals surface area contributed by atoms with E-state index in [0.29, 0.717) is 0 Å². The summed E-state index contributed by atoms with van der Waals surface area (Å²) in [6.45, 7) is 7.06. The third-order valence-corrected chi connectivity index (χ3v) is 1.56. The van der Waals surface area contributed by atoms with Gasteiger partial charge < -0.3 is 15.2 Å². The lowest BCUT2D eigenvalue weighted by Crippen LogP contribution is -2.39. The van der Waals surface area contributed by atoms with Gasteiger partial charge in [-0.1, -0.05) is 6.58 Å². The van der Waals surface area contributed by atoms with Gasteiger partial charge in [-0.25, -0.2) is 9.59 Å². The first-order valence-electron chi connectivity index (χ1n) is 4.73. The Morgan fingerprint density at radius 3 is 2.18 bits per heavy atom. The SMILES string of the molecule is C=C(CNC(=O)OC(C)(C)C)C(F)(F)C(=O)O. The minimum atomic E-state index is -4.07. The van der Waals surface area contributed by atoms with Crippen LogP contribution >= 0.6 is 0 Å². The third kappa shape index (κ3) is 5.28. The number of ether oxygens (including phenoxy) is 1. The number of halogens is 2. The highest BCUT2D eigenvalue weighted by molar-refractivity contribution is 5.79. The van der Waals surface area contributed by atoms with Gasteiger partial charge in [-0.15, -0.1) is 0 Å². The second-order valence-electron chi connectivity index (χ2n) is 4.34. The minimum Gasteiger partial charge on any atom is -0.477 e. The number of carbonyl (C=O) groups excluding carboxylic acids is 1. The number of carboxylic acids is 1. The van der Waals surface area contributed by atoms with Crippen LogP contribution in [0.4, 0.5) is 13.6 Å². The standard InChI is InChI=1S/C10H15F2NO4/c1-6(10(11,12)7(14)15)5-13-8(16)17-9(2,3)4/h1,5H2,2-4H3,(H,13,16)(H,14,15). The van der Waals surface area contributed by atoms with E-state index < -0.39 is 35.7 Å². The number of alkyl halides is 2. The lowest BCUT2D eigenvalue weighted by Gasteiger charge is -2.20. The first-order chi connectivity index (χ1) is 7.47. The van der Waals surface area contributed by atoms with Crippen LogP contribution < -0.4 is 5.32 Å². The van der Waals surface area contributed by atoms with E-state index in [2.05, 4.69) is 6.58 Å². The normalized spacial score (nSPS) is 11.8. The fourth-order valence-corrected chi connectivity index (χ4v) is 0.755. The lowest BCUT2D eigenvalue weighted by molar-refractivity contribution is -0.159. The van der Waals surface area contributed by atoms with Crippen LogP contribution in [0.1, 0.15) is 20.8 Å². The van der Waals surface area contributed by atoms with Crippen LogP contribution in [0, 0.1) is 0 Å². The van der Waals surface area contributed by atoms with E-state index in [-0.39, 0.29) is 0 Å². The molecule has 7 heteroatoms. The Balaban J connectivity index is 4.27. The van der Waals surface area contributed by atoms with Gasteiger partial charge in [0.15, 0.2) is 0 Å². The van der Waals surface area contributed by atoms with E-state index in [4.69, 9.17) is 9.84 Å². The molecule has 0 saturated heterocycles. The summed E-state index contributed by atoms with van der Waals surface area (Å²) < 4.78 is 30.5. The van der Waals surface area contributed by atoms with Gasteiger partial charge >= 0.3 is 18.0 Å². The van der Waals surface area contributed by atoms with Crippen molar-refractivity contribution in [3.05, 3.63) is 12.2 Å². The highest BCUT2D eigenvalue weighted by Gasteiger charge is 2.42. The molecule has 0 aliphatic heterocycles. The Morgan fingerprint density at radius 2 is 1.82 bits per heavy atom. The summed E-state index contributed by atoms with van der Waals surface area (Å²) in [5, 5.41) is 10.2. The topological polar surface area (TPSA) is 75.6 Å². The molecule has 0 spiro atoms. The molecule has 17 heavy (non-hydrogen) atoms. The van der Waals surface area contributed by atoms with Crippen molar-refractivity contribution >= 4 is 12.1 Å². The number of nitrogens with one attached hydrogen (secondary N) is 1. The van der Waals surface area contributed by atoms with E-state index in [0.717, 1.165) is 0 Å². The highest BCUT2D eigenvalue weighted by atomic mass is 19.3. The van der Waals surface area contributed by atoms with Crippen LogP contribution in [-0.4, -0.2) is 35.2 Å². The van der Waals surface area contributed by atoms with Crippen molar-refractivity contribution in [2.24, 2.45) is 0 Å². The third-order valence-electron chi connectivity index (χ3n) is 1.56. The highest BCUT2D eigenvalue weighted by Crippen LogP contribution is 2.22. The summed E-state index contributed by atoms with van der Waals surface area (Å²) in [5.41, 5.74) is -1.68. The molecule has 0 aliphatic rings. The molecule has 0 radical (unpaired) electrons. The minimum absolute atomic E-state index is 0.672. The zero-order chi connectivity index (χ0) is 13.9. The van der Waals surface area contributed by atoms with E-state index in [1.54, 1.807) is 20.8 Å². The first-order valence-corrected chi connectivity index (χ1v) is 4.73. The number of hydrogen-bond acceptors (Lipinski definition) is 3. The molecule has 98 valence electrons. The van der Waals surface area contributed by atoms with Crippen molar-refractivity contribution in [1.29, 1.82) is 0 Å². The van der Waals surface area contributed by atoms with Gasteiger partial charge in [0.25, 0.3) is 0 Å². The predicted molar refractivity (Wildman–Crippen MR) is 56.0 cm³/mol. The molecule has 2 N–H and O–H groups in total. The second kappa shape index (κ2) is 5.11. The number of carboxylic acid groups (broad SMARTS) is 1. The molecule has 0 fully saturated rings. The molecule has 0 bridgehead atoms. The molecule has 0 saturated carbocycles. The fraction of sp³-hybridized carbons (Fsp3) is 0.600. The van der Waals surface area contributed by atoms with E-state index in [1.165, 1.54) is 0 Å². The van der Waals surface area contributed by atoms with E-state index >= 15 is 0 Å². The Bertz CT molecular complexity index is 334. The largest absolute Gasteiger partial charge is 0.477 e. The summed E-state index contributed by atoms with van der Waals surface area (Å²) in [4.78, 5) is 21.3. The van der Waals surface area contributed by atoms with Crippen molar-refractivity contribution in [2.75, 3.05) is 6.54 Å². The van der Waals surface area contributed by atoms with Gasteiger partial charge in [0.1, 0.15) is 5.60 Å². The van der Waals surface area contributed by atoms with Gasteiger partial charge in [0.2, 0.25) is 0 Å². The molecule has 0 aromatic rings. The summed E-state index contributed by atoms with van der Waals surface area (Å²) in [5.74, 6) is -6.39. The Hall–Kier alpha value is -1.66. The van der Waals surface area contributed by atoms with Crippen LogP contribution in [0.2, 0.25) is 0 Å². The van der Waals surface area contributed by atoms with Crippen LogP contribution in [0.5, 0.6) is 0 Å². The zero-order valence-corrected chi connectivity index (χ0v) is 9.84. The van der Waals surface area contributed by atoms with Crippen molar-refractivity contribution in [2.45, 2.75) is 32.3 Å². The van der Waals surface area contributed by atoms with E-state index in [1.807, 2.05) is 5.32 Å². The summed E-state index contributed by atoms with van der Waals surface area (Å²) in [6, 6.07) is 0. The molecule has 0 unspecified atom stereocenters. The van der Waals surface area contributed by atoms with Crippen LogP contribution in [0.3, 0.4) is 0 Å². The van der Waals surface area contributed by atoms with Crippen molar-refractivity contribution < 1.29 is 28.2 Å². The molecule has 5 nitrogen and oxygen atoms in total. The molecular formula is C10H15F2NO4. The average Bonchev–Trinajstić information content (AvgIpc) is 2.10. The smallest absolute Gasteiger partial charge is 0.407 e. The van der Waals surface area contributed by atoms with Crippen molar-refractivity contribution in [3.8, 4) is 0 Å². The van der Waals surface area contributed by atoms with Gasteiger partial charge in [0.05, 0.1) is 0 Å². The number of rotatable bonds is 4. The Kier molecular flexibility index (Phi) is 4.61. The summed E-state index contributed by atoms with van der Waals surface area (Å²) in [7, 11) is 0. The van der Waals surface area contributed by atoms with Crippen LogP contribution in [-0.2, 0) is 9.53 Å². The molecule has 0 heterocycles. The summed E-state index contributed by atoms with van der Waals surface area (Å²) in [6.07, 6.45) is -0.917. The van der Waals surface area contributed by atoms with Crippen LogP contribution in [0.25, 0.3) is 0 Å². The lowest BCUT2D eigenvalue weighted by atomic mass is 10.1. The van der Waals surface area contributed by atoms with Gasteiger partial charge in [-0.3, -0.25) is 0 Å². The average molecular weight is 251 g/mol. The van der Waals surface area contributed by atoms with Gasteiger partial charge in [-0.2, -0.15) is 8.78 Å². The maximum Gasteiger partial charge on any atom is 0.407 e. The molecule has 0 aliphatic carbocycles. The fourth-order valence-electron chi connectivity index (χ4n) is 0.755. The number of amides is 1. The van der Waals surface area contributed by atoms with Crippen LogP contribution in [0.15, 0.2) is 12.2 Å². The Labute approximate surface area is 97.4 Å². The number of carbonyl (C=O) groups is 2. The zero-order valence-electron chi connectivity index (χ0n) is 9.84. The van der Waals surface area contributed by atoms with Crippen molar-refractivity contribution in [1.82, 2.24) is 5.32 Å². The second-order valence-corrected chi connectivity index (χ2v) is 4.34. The van der Waals surface area contributed by atoms with Gasteiger partial charge in [-0.05, 0) is 20.8 Å². The number of aliphatic carboxylic acids is 1. The quantitative estimate of drug-likeness (QED) is 0.747. The summed E-state index contributed by atoms with van der Waals surface area (Å²) >= 11 is 0. The van der Waals surface area contributed by atoms with E-state index in [9.17, 15) is 18.4 Å². The predicted octanol–water partition coefficient (Wildman–Crippen LogP) is 1.79. The van der Waals surface area contributed by atoms with Crippen molar-refractivity contribution in [3.63, 3.8) is 0 Å². The van der Waals surface area contributed by atoms with Gasteiger partial charge in [0, 0.05) is 12.1 Å². The molecule has 0 aromatic heterocycles. The maximum atomic E-state index is 12.8. The first kappa shape index (κ1) is 15.3. The molecule has 1 amide bonds.